The van der Waals surface area contributed by atoms with E-state index < -0.39 is 47.4 Å². The number of nitrogens with zero attached hydrogens (tertiary/aromatic N) is 4. The van der Waals surface area contributed by atoms with Crippen LogP contribution in [0.4, 0.5) is 28.2 Å². The molecule has 202 valence electrons. The highest BCUT2D eigenvalue weighted by Crippen LogP contribution is 2.39. The summed E-state index contributed by atoms with van der Waals surface area (Å²) in [5.74, 6) is -0.704. The zero-order valence-electron chi connectivity index (χ0n) is 20.6. The molecular formula is C24H24BClF4N4O4. The van der Waals surface area contributed by atoms with E-state index in [-0.39, 0.29) is 41.8 Å². The molecule has 1 saturated heterocycles. The Balaban J connectivity index is 1.77. The molecule has 0 bridgehead atoms. The van der Waals surface area contributed by atoms with Gasteiger partial charge in [0.2, 0.25) is 0 Å². The molecule has 1 fully saturated rings. The van der Waals surface area contributed by atoms with Crippen molar-refractivity contribution in [3.63, 3.8) is 0 Å². The Labute approximate surface area is 220 Å². The molecule has 0 aliphatic carbocycles. The number of amides is 1. The fraction of sp³-hybridized carbons (Fsp3) is 0.375. The third-order valence-corrected chi connectivity index (χ3v) is 6.32. The van der Waals surface area contributed by atoms with E-state index in [1.54, 1.807) is 25.7 Å². The first-order valence-electron chi connectivity index (χ1n) is 11.6. The molecule has 2 N–H and O–H groups in total. The third kappa shape index (κ3) is 5.79. The minimum atomic E-state index is -4.70. The molecule has 1 unspecified atom stereocenters. The fourth-order valence-electron chi connectivity index (χ4n) is 4.29. The zero-order valence-corrected chi connectivity index (χ0v) is 21.4. The van der Waals surface area contributed by atoms with Crippen LogP contribution in [0.15, 0.2) is 36.7 Å². The van der Waals surface area contributed by atoms with E-state index in [4.69, 9.17) is 16.3 Å². The Morgan fingerprint density at radius 2 is 1.84 bits per heavy atom. The van der Waals surface area contributed by atoms with E-state index in [0.717, 1.165) is 18.2 Å². The number of carbonyl (C=O) groups excluding carboxylic acids is 1. The summed E-state index contributed by atoms with van der Waals surface area (Å²) in [6.45, 7) is 5.38. The molecule has 1 amide bonds. The molecule has 8 nitrogen and oxygen atoms in total. The second-order valence-electron chi connectivity index (χ2n) is 9.83. The summed E-state index contributed by atoms with van der Waals surface area (Å²) in [4.78, 5) is 24.4. The molecule has 14 heteroatoms. The van der Waals surface area contributed by atoms with Gasteiger partial charge in [-0.25, -0.2) is 19.2 Å². The summed E-state index contributed by atoms with van der Waals surface area (Å²) in [6, 6.07) is 4.92. The Morgan fingerprint density at radius 3 is 2.45 bits per heavy atom. The minimum absolute atomic E-state index is 0.0236. The van der Waals surface area contributed by atoms with Gasteiger partial charge >= 0.3 is 19.4 Å². The molecule has 1 aliphatic rings. The van der Waals surface area contributed by atoms with Gasteiger partial charge in [-0.2, -0.15) is 13.2 Å². The summed E-state index contributed by atoms with van der Waals surface area (Å²) >= 11 is 5.86. The summed E-state index contributed by atoms with van der Waals surface area (Å²) in [6.07, 6.45) is -4.16. The van der Waals surface area contributed by atoms with E-state index in [9.17, 15) is 32.4 Å². The topological polar surface area (TPSA) is 99.0 Å². The van der Waals surface area contributed by atoms with Gasteiger partial charge in [0.05, 0.1) is 22.1 Å². The van der Waals surface area contributed by atoms with E-state index in [1.807, 2.05) is 0 Å². The lowest BCUT2D eigenvalue weighted by Gasteiger charge is -2.42. The second-order valence-corrected chi connectivity index (χ2v) is 10.2. The first kappa shape index (κ1) is 27.9. The van der Waals surface area contributed by atoms with Crippen LogP contribution in [0.2, 0.25) is 5.02 Å². The van der Waals surface area contributed by atoms with Crippen LogP contribution in [0, 0.1) is 5.82 Å². The van der Waals surface area contributed by atoms with Crippen LogP contribution in [-0.4, -0.2) is 63.4 Å². The van der Waals surface area contributed by atoms with Crippen LogP contribution in [0.5, 0.6) is 0 Å². The van der Waals surface area contributed by atoms with E-state index in [2.05, 4.69) is 9.97 Å². The normalized spacial score (nSPS) is 16.6. The monoisotopic (exact) mass is 554 g/mol. The zero-order chi connectivity index (χ0) is 28.0. The highest BCUT2D eigenvalue weighted by atomic mass is 35.5. The lowest BCUT2D eigenvalue weighted by Crippen LogP contribution is -2.52. The SMILES string of the molecule is CC(C)(C)OC(=O)N1CCN(c2ncnc3cc(Cl)c(C(F)(F)F)cc23)CC1c1ccc(B(O)O)c(F)c1. The molecule has 2 heterocycles. The van der Waals surface area contributed by atoms with Crippen molar-refractivity contribution in [1.82, 2.24) is 14.9 Å². The molecule has 1 aliphatic heterocycles. The number of hydrogen-bond donors (Lipinski definition) is 2. The Hall–Kier alpha value is -3.16. The summed E-state index contributed by atoms with van der Waals surface area (Å²) in [5, 5.41) is 18.4. The van der Waals surface area contributed by atoms with Crippen molar-refractivity contribution in [3.8, 4) is 0 Å². The van der Waals surface area contributed by atoms with Gasteiger partial charge in [0.1, 0.15) is 23.6 Å². The van der Waals surface area contributed by atoms with Gasteiger partial charge in [0.15, 0.2) is 0 Å². The Kier molecular flexibility index (Phi) is 7.48. The van der Waals surface area contributed by atoms with Gasteiger partial charge in [0.25, 0.3) is 0 Å². The van der Waals surface area contributed by atoms with Crippen LogP contribution in [0.3, 0.4) is 0 Å². The maximum atomic E-state index is 14.7. The van der Waals surface area contributed by atoms with Gasteiger partial charge in [0, 0.05) is 30.5 Å². The number of anilines is 1. The maximum absolute atomic E-state index is 14.7. The van der Waals surface area contributed by atoms with Gasteiger partial charge < -0.3 is 19.7 Å². The fourth-order valence-corrected chi connectivity index (χ4v) is 4.56. The molecule has 1 aromatic heterocycles. The number of halogens is 5. The van der Waals surface area contributed by atoms with Crippen LogP contribution < -0.4 is 10.4 Å². The number of benzene rings is 2. The summed E-state index contributed by atoms with van der Waals surface area (Å²) < 4.78 is 60.9. The predicted octanol–water partition coefficient (Wildman–Crippen LogP) is 3.92. The second kappa shape index (κ2) is 10.2. The van der Waals surface area contributed by atoms with Gasteiger partial charge in [-0.1, -0.05) is 23.7 Å². The molecule has 0 radical (unpaired) electrons. The smallest absolute Gasteiger partial charge is 0.444 e. The molecule has 2 aromatic carbocycles. The molecule has 38 heavy (non-hydrogen) atoms. The predicted molar refractivity (Wildman–Crippen MR) is 134 cm³/mol. The van der Waals surface area contributed by atoms with Crippen LogP contribution >= 0.6 is 11.6 Å². The van der Waals surface area contributed by atoms with Gasteiger partial charge in [-0.3, -0.25) is 4.90 Å². The van der Waals surface area contributed by atoms with E-state index in [0.29, 0.717) is 5.56 Å². The van der Waals surface area contributed by atoms with Crippen LogP contribution in [-0.2, 0) is 10.9 Å². The Bertz CT molecular complexity index is 1370. The lowest BCUT2D eigenvalue weighted by atomic mass is 9.79. The standard InChI is InChI=1S/C24H24BClF4N4O4/c1-23(2,3)38-22(35)34-7-6-33(11-20(34)13-4-5-16(25(36)37)18(27)8-13)21-14-9-15(24(28,29)30)17(26)10-19(14)31-12-32-21/h4-5,8-10,12,20,36-37H,6-7,11H2,1-3H3. The highest BCUT2D eigenvalue weighted by molar-refractivity contribution is 6.58. The Morgan fingerprint density at radius 1 is 1.13 bits per heavy atom. The molecule has 3 aromatic rings. The molecule has 1 atom stereocenters. The van der Waals surface area contributed by atoms with E-state index in [1.165, 1.54) is 23.4 Å². The molecule has 0 saturated carbocycles. The maximum Gasteiger partial charge on any atom is 0.491 e. The van der Waals surface area contributed by atoms with Crippen LogP contribution in [0.1, 0.15) is 37.9 Å². The molecule has 0 spiro atoms. The number of piperazine rings is 1. The van der Waals surface area contributed by atoms with Crippen molar-refractivity contribution in [2.75, 3.05) is 24.5 Å². The highest BCUT2D eigenvalue weighted by Gasteiger charge is 2.37. The average Bonchev–Trinajstić information content (AvgIpc) is 2.80. The number of hydrogen-bond acceptors (Lipinski definition) is 7. The average molecular weight is 555 g/mol. The quantitative estimate of drug-likeness (QED) is 0.374. The van der Waals surface area contributed by atoms with Crippen molar-refractivity contribution in [1.29, 1.82) is 0 Å². The summed E-state index contributed by atoms with van der Waals surface area (Å²) in [5.41, 5.74) is -1.67. The lowest BCUT2D eigenvalue weighted by molar-refractivity contribution is -0.137. The van der Waals surface area contributed by atoms with Crippen molar-refractivity contribution in [3.05, 3.63) is 58.6 Å². The first-order valence-corrected chi connectivity index (χ1v) is 11.9. The minimum Gasteiger partial charge on any atom is -0.444 e. The molecule has 4 rings (SSSR count). The van der Waals surface area contributed by atoms with Crippen molar-refractivity contribution in [2.45, 2.75) is 38.6 Å². The number of rotatable bonds is 3. The molecular weight excluding hydrogens is 531 g/mol. The number of fused-ring (bicyclic) bond motifs is 1. The van der Waals surface area contributed by atoms with Gasteiger partial charge in [-0.05, 0) is 44.5 Å². The largest absolute Gasteiger partial charge is 0.491 e. The summed E-state index contributed by atoms with van der Waals surface area (Å²) in [7, 11) is -2.03. The van der Waals surface area contributed by atoms with Gasteiger partial charge in [-0.15, -0.1) is 0 Å². The number of aromatic nitrogens is 2. The third-order valence-electron chi connectivity index (χ3n) is 6.00. The first-order chi connectivity index (χ1) is 17.7. The van der Waals surface area contributed by atoms with Crippen molar-refractivity contribution >= 4 is 47.0 Å². The number of ether oxygens (including phenoxy) is 1. The van der Waals surface area contributed by atoms with Crippen molar-refractivity contribution < 1.29 is 37.1 Å². The number of alkyl halides is 3. The van der Waals surface area contributed by atoms with E-state index >= 15 is 0 Å². The van der Waals surface area contributed by atoms with Crippen LogP contribution in [0.25, 0.3) is 10.9 Å². The van der Waals surface area contributed by atoms with Crippen molar-refractivity contribution in [2.24, 2.45) is 0 Å². The number of carbonyl (C=O) groups is 1.